The third-order valence-electron chi connectivity index (χ3n) is 5.78. The van der Waals surface area contributed by atoms with Gasteiger partial charge in [0, 0.05) is 56.9 Å². The molecule has 0 aliphatic carbocycles. The molecule has 1 aliphatic heterocycles. The predicted molar refractivity (Wildman–Crippen MR) is 124 cm³/mol. The molecule has 3 aromatic heterocycles. The molecule has 0 spiro atoms. The molecule has 7 nitrogen and oxygen atoms in total. The van der Waals surface area contributed by atoms with E-state index in [2.05, 4.69) is 16.0 Å². The van der Waals surface area contributed by atoms with Gasteiger partial charge in [-0.15, -0.1) is 0 Å². The van der Waals surface area contributed by atoms with Crippen LogP contribution in [0.2, 0.25) is 0 Å². The Morgan fingerprint density at radius 1 is 0.969 bits per heavy atom. The smallest absolute Gasteiger partial charge is 0.254 e. The number of pyridine rings is 2. The molecule has 1 saturated heterocycles. The van der Waals surface area contributed by atoms with Gasteiger partial charge in [-0.1, -0.05) is 12.1 Å². The van der Waals surface area contributed by atoms with Gasteiger partial charge in [0.1, 0.15) is 0 Å². The molecule has 0 N–H and O–H groups in total. The van der Waals surface area contributed by atoms with E-state index in [-0.39, 0.29) is 11.8 Å². The number of hydrogen-bond acceptors (Lipinski definition) is 4. The number of aromatic nitrogens is 3. The summed E-state index contributed by atoms with van der Waals surface area (Å²) in [6.07, 6.45) is 8.69. The third kappa shape index (κ3) is 3.51. The molecule has 160 valence electrons. The van der Waals surface area contributed by atoms with Gasteiger partial charge in [0.15, 0.2) is 0 Å². The van der Waals surface area contributed by atoms with Crippen molar-refractivity contribution in [1.29, 1.82) is 0 Å². The van der Waals surface area contributed by atoms with Crippen molar-refractivity contribution in [1.82, 2.24) is 19.4 Å². The summed E-state index contributed by atoms with van der Waals surface area (Å²) in [5.41, 5.74) is 6.00. The van der Waals surface area contributed by atoms with Gasteiger partial charge in [0.05, 0.1) is 28.5 Å². The Morgan fingerprint density at radius 3 is 2.50 bits per heavy atom. The van der Waals surface area contributed by atoms with E-state index in [0.717, 1.165) is 46.5 Å². The number of carbonyl (C=O) groups excluding carboxylic acids is 2. The van der Waals surface area contributed by atoms with Crippen LogP contribution in [-0.2, 0) is 4.79 Å². The molecule has 7 heteroatoms. The van der Waals surface area contributed by atoms with Crippen molar-refractivity contribution in [2.24, 2.45) is 0 Å². The fourth-order valence-electron chi connectivity index (χ4n) is 4.08. The number of amides is 2. The fourth-order valence-corrected chi connectivity index (χ4v) is 4.08. The first kappa shape index (κ1) is 19.9. The van der Waals surface area contributed by atoms with Crippen LogP contribution in [0.3, 0.4) is 0 Å². The van der Waals surface area contributed by atoms with Gasteiger partial charge < -0.3 is 14.4 Å². The maximum atomic E-state index is 12.4. The lowest BCUT2D eigenvalue weighted by atomic mass is 10.1. The lowest BCUT2D eigenvalue weighted by molar-refractivity contribution is -0.117. The zero-order valence-electron chi connectivity index (χ0n) is 18.0. The highest BCUT2D eigenvalue weighted by Crippen LogP contribution is 2.28. The molecule has 0 saturated carbocycles. The Kier molecular flexibility index (Phi) is 4.93. The topological polar surface area (TPSA) is 71.3 Å². The van der Waals surface area contributed by atoms with Gasteiger partial charge in [-0.05, 0) is 42.3 Å². The molecule has 32 heavy (non-hydrogen) atoms. The summed E-state index contributed by atoms with van der Waals surface area (Å²) in [7, 11) is 3.45. The van der Waals surface area contributed by atoms with Crippen LogP contribution < -0.4 is 4.90 Å². The minimum atomic E-state index is -0.0874. The van der Waals surface area contributed by atoms with E-state index in [9.17, 15) is 9.59 Å². The SMILES string of the molecule is CN(C)C(=O)c1cnc2ccn(-c3cncc(-c4ccc(N5CCCC5=O)cc4)c3)c2c1. The monoisotopic (exact) mass is 425 g/mol. The molecule has 1 aromatic carbocycles. The first-order valence-electron chi connectivity index (χ1n) is 10.6. The number of nitrogens with zero attached hydrogens (tertiary/aromatic N) is 5. The molecular formula is C25H23N5O2. The minimum Gasteiger partial charge on any atom is -0.345 e. The molecule has 1 fully saturated rings. The summed E-state index contributed by atoms with van der Waals surface area (Å²) in [5, 5.41) is 0. The number of fused-ring (bicyclic) bond motifs is 1. The largest absolute Gasteiger partial charge is 0.345 e. The second-order valence-electron chi connectivity index (χ2n) is 8.14. The molecule has 4 heterocycles. The quantitative estimate of drug-likeness (QED) is 0.497. The average Bonchev–Trinajstić information content (AvgIpc) is 3.44. The second kappa shape index (κ2) is 7.92. The van der Waals surface area contributed by atoms with Gasteiger partial charge in [0.25, 0.3) is 5.91 Å². The van der Waals surface area contributed by atoms with Crippen LogP contribution in [-0.4, -0.2) is 51.9 Å². The summed E-state index contributed by atoms with van der Waals surface area (Å²) >= 11 is 0. The first-order valence-corrected chi connectivity index (χ1v) is 10.6. The zero-order valence-corrected chi connectivity index (χ0v) is 18.0. The van der Waals surface area contributed by atoms with E-state index in [4.69, 9.17) is 0 Å². The standard InChI is InChI=1S/C25H23N5O2/c1-28(2)25(32)19-13-23-22(27-15-19)9-11-29(23)21-12-18(14-26-16-21)17-5-7-20(8-6-17)30-10-3-4-24(30)31/h5-9,11-16H,3-4,10H2,1-2H3. The summed E-state index contributed by atoms with van der Waals surface area (Å²) in [6.45, 7) is 0.780. The number of benzene rings is 1. The van der Waals surface area contributed by atoms with Crippen LogP contribution in [0.25, 0.3) is 27.8 Å². The fraction of sp³-hybridized carbons (Fsp3) is 0.200. The highest BCUT2D eigenvalue weighted by Gasteiger charge is 2.21. The van der Waals surface area contributed by atoms with E-state index < -0.39 is 0 Å². The van der Waals surface area contributed by atoms with Gasteiger partial charge in [-0.2, -0.15) is 0 Å². The zero-order chi connectivity index (χ0) is 22.2. The lowest BCUT2D eigenvalue weighted by Gasteiger charge is -2.16. The van der Waals surface area contributed by atoms with E-state index in [1.807, 2.05) is 58.3 Å². The van der Waals surface area contributed by atoms with Crippen LogP contribution in [0, 0.1) is 0 Å². The Labute approximate surface area is 185 Å². The Morgan fingerprint density at radius 2 is 1.78 bits per heavy atom. The van der Waals surface area contributed by atoms with Crippen molar-refractivity contribution in [3.63, 3.8) is 0 Å². The van der Waals surface area contributed by atoms with Crippen molar-refractivity contribution in [2.75, 3.05) is 25.5 Å². The predicted octanol–water partition coefficient (Wildman–Crippen LogP) is 3.92. The van der Waals surface area contributed by atoms with E-state index in [1.165, 1.54) is 4.90 Å². The highest BCUT2D eigenvalue weighted by atomic mass is 16.2. The van der Waals surface area contributed by atoms with Crippen molar-refractivity contribution < 1.29 is 9.59 Å². The van der Waals surface area contributed by atoms with Crippen LogP contribution in [0.1, 0.15) is 23.2 Å². The van der Waals surface area contributed by atoms with E-state index >= 15 is 0 Å². The van der Waals surface area contributed by atoms with Crippen molar-refractivity contribution >= 4 is 28.5 Å². The van der Waals surface area contributed by atoms with Crippen LogP contribution in [0.5, 0.6) is 0 Å². The second-order valence-corrected chi connectivity index (χ2v) is 8.14. The Bertz CT molecular complexity index is 1320. The van der Waals surface area contributed by atoms with Crippen LogP contribution in [0.4, 0.5) is 5.69 Å². The highest BCUT2D eigenvalue weighted by molar-refractivity contribution is 5.97. The van der Waals surface area contributed by atoms with Gasteiger partial charge in [-0.25, -0.2) is 0 Å². The first-order chi connectivity index (χ1) is 15.5. The van der Waals surface area contributed by atoms with Crippen molar-refractivity contribution in [3.05, 3.63) is 72.8 Å². The lowest BCUT2D eigenvalue weighted by Crippen LogP contribution is -2.23. The average molecular weight is 425 g/mol. The molecule has 0 radical (unpaired) electrons. The van der Waals surface area contributed by atoms with Crippen molar-refractivity contribution in [3.8, 4) is 16.8 Å². The molecule has 4 aromatic rings. The molecule has 2 amide bonds. The van der Waals surface area contributed by atoms with Gasteiger partial charge in [0.2, 0.25) is 5.91 Å². The van der Waals surface area contributed by atoms with Crippen molar-refractivity contribution in [2.45, 2.75) is 12.8 Å². The van der Waals surface area contributed by atoms with Gasteiger partial charge in [-0.3, -0.25) is 19.6 Å². The number of anilines is 1. The number of hydrogen-bond donors (Lipinski definition) is 0. The molecule has 0 unspecified atom stereocenters. The van der Waals surface area contributed by atoms with Crippen LogP contribution in [0.15, 0.2) is 67.3 Å². The maximum Gasteiger partial charge on any atom is 0.254 e. The summed E-state index contributed by atoms with van der Waals surface area (Å²) in [6, 6.07) is 13.9. The summed E-state index contributed by atoms with van der Waals surface area (Å²) < 4.78 is 1.99. The van der Waals surface area contributed by atoms with E-state index in [1.54, 1.807) is 26.5 Å². The number of carbonyl (C=O) groups is 2. The number of rotatable bonds is 4. The molecule has 0 bridgehead atoms. The molecule has 5 rings (SSSR count). The third-order valence-corrected chi connectivity index (χ3v) is 5.78. The normalized spacial score (nSPS) is 13.7. The molecule has 0 atom stereocenters. The minimum absolute atomic E-state index is 0.0874. The summed E-state index contributed by atoms with van der Waals surface area (Å²) in [4.78, 5) is 36.6. The molecular weight excluding hydrogens is 402 g/mol. The maximum absolute atomic E-state index is 12.4. The van der Waals surface area contributed by atoms with Gasteiger partial charge >= 0.3 is 0 Å². The van der Waals surface area contributed by atoms with E-state index in [0.29, 0.717) is 12.0 Å². The Hall–Kier alpha value is -4.00. The van der Waals surface area contributed by atoms with Crippen LogP contribution >= 0.6 is 0 Å². The Balaban J connectivity index is 1.49. The molecule has 1 aliphatic rings. The summed E-state index contributed by atoms with van der Waals surface area (Å²) in [5.74, 6) is 0.0947.